The molecule has 1 aliphatic heterocycles. The van der Waals surface area contributed by atoms with E-state index in [0.717, 1.165) is 30.7 Å². The molecule has 0 spiro atoms. The summed E-state index contributed by atoms with van der Waals surface area (Å²) in [4.78, 5) is 2.48. The van der Waals surface area contributed by atoms with Crippen molar-refractivity contribution < 1.29 is 0 Å². The number of nitrogens with one attached hydrogen (secondary N) is 1. The molecule has 1 heterocycles. The zero-order chi connectivity index (χ0) is 12.4. The van der Waals surface area contributed by atoms with Gasteiger partial charge in [-0.1, -0.05) is 17.7 Å². The van der Waals surface area contributed by atoms with Crippen LogP contribution in [0, 0.1) is 0 Å². The van der Waals surface area contributed by atoms with E-state index in [9.17, 15) is 0 Å². The van der Waals surface area contributed by atoms with Crippen molar-refractivity contribution in [2.45, 2.75) is 25.4 Å². The Hall–Kier alpha value is -0.380. The SMILES string of the molecule is Clc1ccc(CNC2CC2)c(N2CCSCC2)c1. The minimum atomic E-state index is 0.755. The molecule has 1 saturated carbocycles. The Bertz CT molecular complexity index is 414. The Morgan fingerprint density at radius 2 is 2.06 bits per heavy atom. The van der Waals surface area contributed by atoms with Gasteiger partial charge < -0.3 is 10.2 Å². The summed E-state index contributed by atoms with van der Waals surface area (Å²) in [7, 11) is 0. The van der Waals surface area contributed by atoms with Crippen LogP contribution < -0.4 is 10.2 Å². The predicted molar refractivity (Wildman–Crippen MR) is 80.9 cm³/mol. The van der Waals surface area contributed by atoms with Crippen molar-refractivity contribution in [2.75, 3.05) is 29.5 Å². The number of nitrogens with zero attached hydrogens (tertiary/aromatic N) is 1. The van der Waals surface area contributed by atoms with Gasteiger partial charge in [0.25, 0.3) is 0 Å². The molecule has 0 atom stereocenters. The highest BCUT2D eigenvalue weighted by Crippen LogP contribution is 2.28. The van der Waals surface area contributed by atoms with Crippen LogP contribution in [0.1, 0.15) is 18.4 Å². The molecule has 1 aliphatic carbocycles. The van der Waals surface area contributed by atoms with Crippen molar-refractivity contribution >= 4 is 29.1 Å². The van der Waals surface area contributed by atoms with E-state index in [2.05, 4.69) is 22.3 Å². The van der Waals surface area contributed by atoms with E-state index in [1.165, 1.54) is 35.6 Å². The quantitative estimate of drug-likeness (QED) is 0.913. The molecule has 2 fully saturated rings. The molecule has 1 aromatic rings. The van der Waals surface area contributed by atoms with Crippen LogP contribution in [-0.2, 0) is 6.54 Å². The van der Waals surface area contributed by atoms with Gasteiger partial charge in [-0.15, -0.1) is 0 Å². The van der Waals surface area contributed by atoms with Gasteiger partial charge >= 0.3 is 0 Å². The van der Waals surface area contributed by atoms with Crippen molar-refractivity contribution in [3.8, 4) is 0 Å². The van der Waals surface area contributed by atoms with Crippen LogP contribution in [0.15, 0.2) is 18.2 Å². The summed E-state index contributed by atoms with van der Waals surface area (Å²) in [6.07, 6.45) is 2.67. The molecule has 2 nitrogen and oxygen atoms in total. The van der Waals surface area contributed by atoms with Crippen LogP contribution in [0.5, 0.6) is 0 Å². The predicted octanol–water partition coefficient (Wildman–Crippen LogP) is 3.15. The Balaban J connectivity index is 1.77. The summed E-state index contributed by atoms with van der Waals surface area (Å²) in [5, 5.41) is 4.44. The number of hydrogen-bond donors (Lipinski definition) is 1. The third-order valence-corrected chi connectivity index (χ3v) is 4.74. The normalized spacial score (nSPS) is 20.2. The lowest BCUT2D eigenvalue weighted by molar-refractivity contribution is 0.684. The Kier molecular flexibility index (Phi) is 4.02. The van der Waals surface area contributed by atoms with Gasteiger partial charge in [-0.05, 0) is 30.5 Å². The monoisotopic (exact) mass is 282 g/mol. The highest BCUT2D eigenvalue weighted by molar-refractivity contribution is 7.99. The minimum Gasteiger partial charge on any atom is -0.370 e. The molecule has 1 N–H and O–H groups in total. The summed E-state index contributed by atoms with van der Waals surface area (Å²) >= 11 is 8.20. The van der Waals surface area contributed by atoms with Crippen LogP contribution in [-0.4, -0.2) is 30.6 Å². The van der Waals surface area contributed by atoms with E-state index in [0.29, 0.717) is 0 Å². The number of halogens is 1. The zero-order valence-electron chi connectivity index (χ0n) is 10.5. The van der Waals surface area contributed by atoms with Crippen LogP contribution in [0.2, 0.25) is 5.02 Å². The van der Waals surface area contributed by atoms with Crippen LogP contribution in [0.4, 0.5) is 5.69 Å². The molecule has 1 aromatic carbocycles. The molecule has 0 aromatic heterocycles. The molecule has 0 radical (unpaired) electrons. The van der Waals surface area contributed by atoms with E-state index in [4.69, 9.17) is 11.6 Å². The van der Waals surface area contributed by atoms with Crippen LogP contribution in [0.25, 0.3) is 0 Å². The third-order valence-electron chi connectivity index (χ3n) is 3.56. The summed E-state index contributed by atoms with van der Waals surface area (Å²) in [6.45, 7) is 3.25. The van der Waals surface area contributed by atoms with E-state index >= 15 is 0 Å². The van der Waals surface area contributed by atoms with Crippen LogP contribution >= 0.6 is 23.4 Å². The minimum absolute atomic E-state index is 0.755. The molecule has 3 rings (SSSR count). The first-order chi connectivity index (χ1) is 8.83. The standard InChI is InChI=1S/C14H19ClN2S/c15-12-2-1-11(10-16-13-3-4-13)14(9-12)17-5-7-18-8-6-17/h1-2,9,13,16H,3-8,10H2. The second kappa shape index (κ2) is 5.72. The number of hydrogen-bond acceptors (Lipinski definition) is 3. The Labute approximate surface area is 118 Å². The largest absolute Gasteiger partial charge is 0.370 e. The van der Waals surface area contributed by atoms with Gasteiger partial charge in [-0.2, -0.15) is 11.8 Å². The van der Waals surface area contributed by atoms with Crippen molar-refractivity contribution in [2.24, 2.45) is 0 Å². The molecule has 4 heteroatoms. The number of thioether (sulfide) groups is 1. The van der Waals surface area contributed by atoms with Gasteiger partial charge in [0.1, 0.15) is 0 Å². The highest BCUT2D eigenvalue weighted by Gasteiger charge is 2.21. The van der Waals surface area contributed by atoms with Gasteiger partial charge in [-0.3, -0.25) is 0 Å². The third kappa shape index (κ3) is 3.14. The number of anilines is 1. The molecule has 1 saturated heterocycles. The average molecular weight is 283 g/mol. The lowest BCUT2D eigenvalue weighted by Gasteiger charge is -2.30. The lowest BCUT2D eigenvalue weighted by atomic mass is 10.1. The maximum atomic E-state index is 6.16. The average Bonchev–Trinajstić information content (AvgIpc) is 3.22. The number of rotatable bonds is 4. The smallest absolute Gasteiger partial charge is 0.0427 e. The molecular formula is C14H19ClN2S. The first-order valence-electron chi connectivity index (χ1n) is 6.67. The van der Waals surface area contributed by atoms with Crippen LogP contribution in [0.3, 0.4) is 0 Å². The second-order valence-electron chi connectivity index (χ2n) is 5.03. The first-order valence-corrected chi connectivity index (χ1v) is 8.21. The topological polar surface area (TPSA) is 15.3 Å². The summed E-state index contributed by atoms with van der Waals surface area (Å²) in [5.74, 6) is 2.45. The van der Waals surface area contributed by atoms with Gasteiger partial charge in [0.15, 0.2) is 0 Å². The van der Waals surface area contributed by atoms with E-state index in [1.807, 2.05) is 17.8 Å². The van der Waals surface area contributed by atoms with Gasteiger partial charge in [0.2, 0.25) is 0 Å². The fourth-order valence-corrected chi connectivity index (χ4v) is 3.40. The molecule has 0 unspecified atom stereocenters. The van der Waals surface area contributed by atoms with E-state index < -0.39 is 0 Å². The first kappa shape index (κ1) is 12.6. The van der Waals surface area contributed by atoms with E-state index in [-0.39, 0.29) is 0 Å². The molecule has 2 aliphatic rings. The summed E-state index contributed by atoms with van der Waals surface area (Å²) < 4.78 is 0. The van der Waals surface area contributed by atoms with Crippen molar-refractivity contribution in [3.63, 3.8) is 0 Å². The lowest BCUT2D eigenvalue weighted by Crippen LogP contribution is -2.33. The highest BCUT2D eigenvalue weighted by atomic mass is 35.5. The summed E-state index contributed by atoms with van der Waals surface area (Å²) in [5.41, 5.74) is 2.72. The molecular weight excluding hydrogens is 264 g/mol. The second-order valence-corrected chi connectivity index (χ2v) is 6.69. The van der Waals surface area contributed by atoms with Gasteiger partial charge in [0.05, 0.1) is 0 Å². The number of benzene rings is 1. The summed E-state index contributed by atoms with van der Waals surface area (Å²) in [6, 6.07) is 7.06. The zero-order valence-corrected chi connectivity index (χ0v) is 12.1. The Morgan fingerprint density at radius 1 is 1.28 bits per heavy atom. The van der Waals surface area contributed by atoms with Crippen molar-refractivity contribution in [3.05, 3.63) is 28.8 Å². The van der Waals surface area contributed by atoms with E-state index in [1.54, 1.807) is 0 Å². The van der Waals surface area contributed by atoms with Gasteiger partial charge in [0, 0.05) is 47.9 Å². The maximum Gasteiger partial charge on any atom is 0.0427 e. The fourth-order valence-electron chi connectivity index (χ4n) is 2.33. The molecule has 0 bridgehead atoms. The fraction of sp³-hybridized carbons (Fsp3) is 0.571. The molecule has 0 amide bonds. The molecule has 18 heavy (non-hydrogen) atoms. The van der Waals surface area contributed by atoms with Crippen molar-refractivity contribution in [1.29, 1.82) is 0 Å². The van der Waals surface area contributed by atoms with Crippen molar-refractivity contribution in [1.82, 2.24) is 5.32 Å². The maximum absolute atomic E-state index is 6.16. The molecule has 98 valence electrons. The Morgan fingerprint density at radius 3 is 2.78 bits per heavy atom. The van der Waals surface area contributed by atoms with Gasteiger partial charge in [-0.25, -0.2) is 0 Å².